The van der Waals surface area contributed by atoms with Crippen molar-refractivity contribution in [2.24, 2.45) is 0 Å². The van der Waals surface area contributed by atoms with Gasteiger partial charge in [-0.3, -0.25) is 10.1 Å². The molecule has 2 rings (SSSR count). The number of aromatic nitrogens is 1. The number of sulfonamides is 1. The van der Waals surface area contributed by atoms with Gasteiger partial charge >= 0.3 is 0 Å². The average molecular weight is 353 g/mol. The smallest absolute Gasteiger partial charge is 0.244 e. The molecule has 24 heavy (non-hydrogen) atoms. The lowest BCUT2D eigenvalue weighted by molar-refractivity contribution is -0.114. The molecule has 0 unspecified atom stereocenters. The third-order valence-electron chi connectivity index (χ3n) is 3.23. The Balaban J connectivity index is 2.62. The molecule has 130 valence electrons. The molecule has 0 aliphatic carbocycles. The maximum Gasteiger partial charge on any atom is 0.244 e. The molecular weight excluding hydrogens is 334 g/mol. The summed E-state index contributed by atoms with van der Waals surface area (Å²) in [7, 11) is -2.33. The lowest BCUT2D eigenvalue weighted by Crippen LogP contribution is -2.23. The van der Waals surface area contributed by atoms with Gasteiger partial charge in [0.25, 0.3) is 0 Å². The van der Waals surface area contributed by atoms with Crippen LogP contribution in [-0.2, 0) is 14.8 Å². The average Bonchev–Trinajstić information content (AvgIpc) is 2.86. The molecule has 0 saturated carbocycles. The molecule has 2 aromatic rings. The molecule has 0 radical (unpaired) electrons. The first-order valence-corrected chi connectivity index (χ1v) is 8.70. The predicted octanol–water partition coefficient (Wildman–Crippen LogP) is 1.92. The first kappa shape index (κ1) is 18.0. The zero-order valence-corrected chi connectivity index (χ0v) is 14.7. The fourth-order valence-electron chi connectivity index (χ4n) is 2.26. The number of anilines is 1. The van der Waals surface area contributed by atoms with E-state index in [4.69, 9.17) is 9.26 Å². The Morgan fingerprint density at radius 2 is 2.08 bits per heavy atom. The molecule has 1 aromatic heterocycles. The lowest BCUT2D eigenvalue weighted by atomic mass is 10.1. The number of rotatable bonds is 6. The molecule has 0 spiro atoms. The van der Waals surface area contributed by atoms with E-state index < -0.39 is 10.0 Å². The van der Waals surface area contributed by atoms with E-state index in [9.17, 15) is 13.2 Å². The minimum Gasteiger partial charge on any atom is -0.495 e. The largest absolute Gasteiger partial charge is 0.495 e. The zero-order valence-electron chi connectivity index (χ0n) is 13.8. The van der Waals surface area contributed by atoms with Gasteiger partial charge in [0.05, 0.1) is 18.4 Å². The Labute approximate surface area is 140 Å². The second-order valence-electron chi connectivity index (χ2n) is 5.02. The quantitative estimate of drug-likeness (QED) is 0.821. The monoisotopic (exact) mass is 353 g/mol. The van der Waals surface area contributed by atoms with Crippen LogP contribution in [0.15, 0.2) is 27.6 Å². The summed E-state index contributed by atoms with van der Waals surface area (Å²) < 4.78 is 37.5. The standard InChI is InChI=1S/C15H19N3O5S/c1-5-16-24(20,21)13-8-11(6-7-12(13)22-4)14-9(2)18-23-15(14)17-10(3)19/h6-8,16H,5H2,1-4H3,(H,17,19). The lowest BCUT2D eigenvalue weighted by Gasteiger charge is -2.12. The van der Waals surface area contributed by atoms with Crippen molar-refractivity contribution in [3.05, 3.63) is 23.9 Å². The van der Waals surface area contributed by atoms with Crippen molar-refractivity contribution >= 4 is 21.8 Å². The minimum absolute atomic E-state index is 0.00118. The van der Waals surface area contributed by atoms with Crippen LogP contribution in [0.3, 0.4) is 0 Å². The maximum absolute atomic E-state index is 12.4. The SMILES string of the molecule is CCNS(=O)(=O)c1cc(-c2c(C)noc2NC(C)=O)ccc1OC. The topological polar surface area (TPSA) is 111 Å². The van der Waals surface area contributed by atoms with Gasteiger partial charge in [0, 0.05) is 13.5 Å². The highest BCUT2D eigenvalue weighted by molar-refractivity contribution is 7.89. The fourth-order valence-corrected chi connectivity index (χ4v) is 3.50. The molecule has 0 aliphatic heterocycles. The van der Waals surface area contributed by atoms with E-state index in [1.165, 1.54) is 20.1 Å². The summed E-state index contributed by atoms with van der Waals surface area (Å²) in [6.07, 6.45) is 0. The van der Waals surface area contributed by atoms with E-state index in [-0.39, 0.29) is 29.0 Å². The van der Waals surface area contributed by atoms with E-state index in [0.717, 1.165) is 0 Å². The summed E-state index contributed by atoms with van der Waals surface area (Å²) in [6, 6.07) is 4.68. The van der Waals surface area contributed by atoms with Crippen LogP contribution in [0.2, 0.25) is 0 Å². The number of methoxy groups -OCH3 is 1. The molecule has 1 amide bonds. The van der Waals surface area contributed by atoms with Crippen LogP contribution in [0.1, 0.15) is 19.5 Å². The van der Waals surface area contributed by atoms with E-state index in [2.05, 4.69) is 15.2 Å². The highest BCUT2D eigenvalue weighted by Gasteiger charge is 2.23. The summed E-state index contributed by atoms with van der Waals surface area (Å²) in [5.74, 6) is 0.0632. The number of ether oxygens (including phenoxy) is 1. The second kappa shape index (κ2) is 7.02. The normalized spacial score (nSPS) is 11.3. The van der Waals surface area contributed by atoms with Crippen molar-refractivity contribution in [1.29, 1.82) is 0 Å². The number of carbonyl (C=O) groups excluding carboxylic acids is 1. The van der Waals surface area contributed by atoms with Crippen molar-refractivity contribution < 1.29 is 22.5 Å². The van der Waals surface area contributed by atoms with E-state index >= 15 is 0 Å². The van der Waals surface area contributed by atoms with Gasteiger partial charge < -0.3 is 9.26 Å². The summed E-state index contributed by atoms with van der Waals surface area (Å²) in [5.41, 5.74) is 1.58. The van der Waals surface area contributed by atoms with Gasteiger partial charge in [-0.1, -0.05) is 18.1 Å². The fraction of sp³-hybridized carbons (Fsp3) is 0.333. The van der Waals surface area contributed by atoms with E-state index in [0.29, 0.717) is 16.8 Å². The number of hydrogen-bond donors (Lipinski definition) is 2. The third kappa shape index (κ3) is 3.57. The molecule has 0 fully saturated rings. The number of carbonyl (C=O) groups is 1. The highest BCUT2D eigenvalue weighted by atomic mass is 32.2. The molecule has 1 heterocycles. The highest BCUT2D eigenvalue weighted by Crippen LogP contribution is 2.35. The number of nitrogens with one attached hydrogen (secondary N) is 2. The Bertz CT molecular complexity index is 858. The molecule has 0 aliphatic rings. The van der Waals surface area contributed by atoms with Crippen molar-refractivity contribution in [3.63, 3.8) is 0 Å². The zero-order chi connectivity index (χ0) is 17.9. The van der Waals surface area contributed by atoms with Crippen LogP contribution in [0, 0.1) is 6.92 Å². The van der Waals surface area contributed by atoms with Crippen LogP contribution < -0.4 is 14.8 Å². The van der Waals surface area contributed by atoms with Crippen molar-refractivity contribution in [2.45, 2.75) is 25.7 Å². The second-order valence-corrected chi connectivity index (χ2v) is 6.76. The van der Waals surface area contributed by atoms with Gasteiger partial charge in [-0.05, 0) is 24.6 Å². The van der Waals surface area contributed by atoms with Gasteiger partial charge in [0.15, 0.2) is 0 Å². The number of hydrogen-bond acceptors (Lipinski definition) is 6. The first-order chi connectivity index (χ1) is 11.3. The Morgan fingerprint density at radius 3 is 2.67 bits per heavy atom. The molecule has 9 heteroatoms. The van der Waals surface area contributed by atoms with Crippen LogP contribution in [0.5, 0.6) is 5.75 Å². The van der Waals surface area contributed by atoms with Crippen LogP contribution in [0.25, 0.3) is 11.1 Å². The molecule has 0 bridgehead atoms. The number of nitrogens with zero attached hydrogens (tertiary/aromatic N) is 1. The Morgan fingerprint density at radius 1 is 1.38 bits per heavy atom. The van der Waals surface area contributed by atoms with Gasteiger partial charge in [-0.15, -0.1) is 0 Å². The number of aryl methyl sites for hydroxylation is 1. The molecule has 8 nitrogen and oxygen atoms in total. The maximum atomic E-state index is 12.4. The molecule has 1 aromatic carbocycles. The molecule has 2 N–H and O–H groups in total. The van der Waals surface area contributed by atoms with Crippen molar-refractivity contribution in [2.75, 3.05) is 19.0 Å². The Hall–Kier alpha value is -2.39. The summed E-state index contributed by atoms with van der Waals surface area (Å²) in [5, 5.41) is 6.37. The van der Waals surface area contributed by atoms with E-state index in [1.54, 1.807) is 26.0 Å². The van der Waals surface area contributed by atoms with Crippen LogP contribution >= 0.6 is 0 Å². The number of amides is 1. The van der Waals surface area contributed by atoms with Gasteiger partial charge in [-0.2, -0.15) is 0 Å². The molecule has 0 saturated heterocycles. The van der Waals surface area contributed by atoms with Crippen molar-refractivity contribution in [1.82, 2.24) is 9.88 Å². The summed E-state index contributed by atoms with van der Waals surface area (Å²) in [6.45, 7) is 4.98. The van der Waals surface area contributed by atoms with Gasteiger partial charge in [0.2, 0.25) is 21.8 Å². The van der Waals surface area contributed by atoms with Gasteiger partial charge in [-0.25, -0.2) is 13.1 Å². The minimum atomic E-state index is -3.73. The van der Waals surface area contributed by atoms with Crippen LogP contribution in [-0.4, -0.2) is 33.1 Å². The van der Waals surface area contributed by atoms with E-state index in [1.807, 2.05) is 0 Å². The summed E-state index contributed by atoms with van der Waals surface area (Å²) >= 11 is 0. The van der Waals surface area contributed by atoms with Crippen molar-refractivity contribution in [3.8, 4) is 16.9 Å². The third-order valence-corrected chi connectivity index (χ3v) is 4.80. The summed E-state index contributed by atoms with van der Waals surface area (Å²) in [4.78, 5) is 11.3. The number of benzene rings is 1. The predicted molar refractivity (Wildman–Crippen MR) is 88.4 cm³/mol. The molecular formula is C15H19N3O5S. The van der Waals surface area contributed by atoms with Gasteiger partial charge in [0.1, 0.15) is 10.6 Å². The Kier molecular flexibility index (Phi) is 5.25. The van der Waals surface area contributed by atoms with Crippen LogP contribution in [0.4, 0.5) is 5.88 Å². The first-order valence-electron chi connectivity index (χ1n) is 7.22. The molecule has 0 atom stereocenters.